The lowest BCUT2D eigenvalue weighted by molar-refractivity contribution is -0.128. The van der Waals surface area contributed by atoms with Crippen molar-refractivity contribution in [3.05, 3.63) is 12.2 Å². The van der Waals surface area contributed by atoms with Gasteiger partial charge in [0, 0.05) is 13.0 Å². The molecule has 2 aliphatic carbocycles. The van der Waals surface area contributed by atoms with Crippen molar-refractivity contribution in [1.82, 2.24) is 0 Å². The molecule has 4 nitrogen and oxygen atoms in total. The van der Waals surface area contributed by atoms with E-state index in [9.17, 15) is 4.79 Å². The van der Waals surface area contributed by atoms with Gasteiger partial charge in [0.2, 0.25) is 0 Å². The minimum Gasteiger partial charge on any atom is -0.410 e. The maximum Gasteiger partial charge on any atom is 0.192 e. The van der Waals surface area contributed by atoms with Gasteiger partial charge in [0.05, 0.1) is 12.7 Å². The summed E-state index contributed by atoms with van der Waals surface area (Å²) in [6.45, 7) is 13.7. The van der Waals surface area contributed by atoms with Crippen LogP contribution in [0.2, 0.25) is 18.1 Å². The largest absolute Gasteiger partial charge is 0.410 e. The van der Waals surface area contributed by atoms with Crippen LogP contribution in [-0.2, 0) is 18.7 Å². The number of rotatable bonds is 9. The van der Waals surface area contributed by atoms with Crippen molar-refractivity contribution in [3.63, 3.8) is 0 Å². The number of ketones is 1. The van der Waals surface area contributed by atoms with E-state index in [4.69, 9.17) is 13.9 Å². The van der Waals surface area contributed by atoms with Crippen molar-refractivity contribution in [2.45, 2.75) is 64.8 Å². The van der Waals surface area contributed by atoms with Crippen molar-refractivity contribution in [1.29, 1.82) is 0 Å². The number of methoxy groups -OCH3 is 1. The molecule has 2 aliphatic rings. The molecule has 25 heavy (non-hydrogen) atoms. The molecule has 144 valence electrons. The second-order valence-corrected chi connectivity index (χ2v) is 14.1. The Kier molecular flexibility index (Phi) is 6.69. The monoisotopic (exact) mass is 368 g/mol. The summed E-state index contributed by atoms with van der Waals surface area (Å²) in [6.07, 6.45) is 6.67. The first-order valence-electron chi connectivity index (χ1n) is 9.52. The fourth-order valence-corrected chi connectivity index (χ4v) is 4.86. The normalized spacial score (nSPS) is 30.0. The van der Waals surface area contributed by atoms with Crippen LogP contribution in [0.3, 0.4) is 0 Å². The van der Waals surface area contributed by atoms with Gasteiger partial charge in [0.15, 0.2) is 14.1 Å². The molecule has 0 aromatic carbocycles. The third kappa shape index (κ3) is 4.82. The molecule has 1 saturated carbocycles. The predicted octanol–water partition coefficient (Wildman–Crippen LogP) is 4.41. The highest BCUT2D eigenvalue weighted by molar-refractivity contribution is 6.74. The van der Waals surface area contributed by atoms with Crippen LogP contribution < -0.4 is 0 Å². The number of fused-ring (bicyclic) bond motifs is 2. The Morgan fingerprint density at radius 2 is 1.88 bits per heavy atom. The SMILES string of the molecule is COCO[C@H](C)C[C@H]1[C@H](C(=O)CO[Si](C)(C)C(C)(C)C)[C@H]2C=C[C@@H]1C2. The van der Waals surface area contributed by atoms with Gasteiger partial charge in [-0.3, -0.25) is 4.79 Å². The number of hydrogen-bond donors (Lipinski definition) is 0. The lowest BCUT2D eigenvalue weighted by Gasteiger charge is -2.37. The van der Waals surface area contributed by atoms with E-state index in [1.54, 1.807) is 7.11 Å². The van der Waals surface area contributed by atoms with Gasteiger partial charge in [-0.1, -0.05) is 32.9 Å². The van der Waals surface area contributed by atoms with Gasteiger partial charge < -0.3 is 13.9 Å². The summed E-state index contributed by atoms with van der Waals surface area (Å²) in [7, 11) is -0.255. The lowest BCUT2D eigenvalue weighted by atomic mass is 9.77. The Morgan fingerprint density at radius 1 is 1.24 bits per heavy atom. The summed E-state index contributed by atoms with van der Waals surface area (Å²) in [4.78, 5) is 13.0. The molecular formula is C20H36O4Si. The molecule has 2 rings (SSSR count). The first-order chi connectivity index (χ1) is 11.6. The van der Waals surface area contributed by atoms with Crippen molar-refractivity contribution >= 4 is 14.1 Å². The third-order valence-electron chi connectivity index (χ3n) is 6.45. The summed E-state index contributed by atoms with van der Waals surface area (Å²) in [5, 5.41) is 0.129. The number of Topliss-reactive ketones (excluding diaryl/α,β-unsaturated/α-hetero) is 1. The van der Waals surface area contributed by atoms with Crippen LogP contribution in [0.4, 0.5) is 0 Å². The van der Waals surface area contributed by atoms with Crippen LogP contribution in [0.15, 0.2) is 12.2 Å². The standard InChI is InChI=1S/C20H36O4Si/c1-14(23-13-22-5)10-17-15-8-9-16(11-15)19(17)18(21)12-24-25(6,7)20(2,3)4/h8-9,14-17,19H,10-13H2,1-7H3/t14-,15-,16+,17-,19-/m1/s1. The van der Waals surface area contributed by atoms with Crippen LogP contribution >= 0.6 is 0 Å². The molecule has 0 aromatic heterocycles. The zero-order valence-electron chi connectivity index (χ0n) is 17.0. The Hall–Kier alpha value is -0.493. The van der Waals surface area contributed by atoms with Crippen LogP contribution in [-0.4, -0.2) is 40.7 Å². The minimum absolute atomic E-state index is 0.0911. The van der Waals surface area contributed by atoms with Crippen LogP contribution in [0.1, 0.15) is 40.5 Å². The van der Waals surface area contributed by atoms with Gasteiger partial charge in [-0.05, 0) is 55.7 Å². The van der Waals surface area contributed by atoms with E-state index < -0.39 is 8.32 Å². The highest BCUT2D eigenvalue weighted by atomic mass is 28.4. The van der Waals surface area contributed by atoms with Gasteiger partial charge in [-0.2, -0.15) is 0 Å². The third-order valence-corrected chi connectivity index (χ3v) is 10.9. The smallest absolute Gasteiger partial charge is 0.192 e. The molecule has 0 aliphatic heterocycles. The lowest BCUT2D eigenvalue weighted by Crippen LogP contribution is -2.43. The minimum atomic E-state index is -1.89. The summed E-state index contributed by atoms with van der Waals surface area (Å²) in [6, 6.07) is 0. The van der Waals surface area contributed by atoms with E-state index in [1.165, 1.54) is 0 Å². The number of carbonyl (C=O) groups excluding carboxylic acids is 1. The van der Waals surface area contributed by atoms with Gasteiger partial charge in [-0.15, -0.1) is 0 Å². The quantitative estimate of drug-likeness (QED) is 0.343. The predicted molar refractivity (Wildman–Crippen MR) is 103 cm³/mol. The first-order valence-corrected chi connectivity index (χ1v) is 12.4. The van der Waals surface area contributed by atoms with E-state index in [0.29, 0.717) is 24.5 Å². The molecule has 0 spiro atoms. The van der Waals surface area contributed by atoms with E-state index in [2.05, 4.69) is 52.9 Å². The summed E-state index contributed by atoms with van der Waals surface area (Å²) in [5.41, 5.74) is 0. The summed E-state index contributed by atoms with van der Waals surface area (Å²) >= 11 is 0. The molecular weight excluding hydrogens is 332 g/mol. The zero-order valence-corrected chi connectivity index (χ0v) is 18.0. The number of hydrogen-bond acceptors (Lipinski definition) is 4. The molecule has 0 saturated heterocycles. The summed E-state index contributed by atoms with van der Waals surface area (Å²) in [5.74, 6) is 1.65. The number of carbonyl (C=O) groups is 1. The van der Waals surface area contributed by atoms with Crippen molar-refractivity contribution in [2.24, 2.45) is 23.7 Å². The van der Waals surface area contributed by atoms with E-state index in [1.807, 2.05) is 0 Å². The average molecular weight is 369 g/mol. The second kappa shape index (κ2) is 8.03. The maximum absolute atomic E-state index is 13.0. The number of allylic oxidation sites excluding steroid dienone is 2. The molecule has 0 aromatic rings. The van der Waals surface area contributed by atoms with Crippen molar-refractivity contribution in [2.75, 3.05) is 20.5 Å². The molecule has 0 unspecified atom stereocenters. The molecule has 0 amide bonds. The Labute approximate surface area is 154 Å². The topological polar surface area (TPSA) is 44.8 Å². The Morgan fingerprint density at radius 3 is 2.48 bits per heavy atom. The zero-order chi connectivity index (χ0) is 18.8. The summed E-state index contributed by atoms with van der Waals surface area (Å²) < 4.78 is 16.9. The first kappa shape index (κ1) is 20.8. The highest BCUT2D eigenvalue weighted by Gasteiger charge is 2.48. The maximum atomic E-state index is 13.0. The molecule has 0 N–H and O–H groups in total. The fraction of sp³-hybridized carbons (Fsp3) is 0.850. The van der Waals surface area contributed by atoms with Gasteiger partial charge >= 0.3 is 0 Å². The van der Waals surface area contributed by atoms with Gasteiger partial charge in [-0.25, -0.2) is 0 Å². The Balaban J connectivity index is 1.98. The van der Waals surface area contributed by atoms with Crippen molar-refractivity contribution in [3.8, 4) is 0 Å². The second-order valence-electron chi connectivity index (χ2n) is 9.27. The van der Waals surface area contributed by atoms with Crippen LogP contribution in [0.5, 0.6) is 0 Å². The average Bonchev–Trinajstić information content (AvgIpc) is 3.11. The molecule has 2 bridgehead atoms. The van der Waals surface area contributed by atoms with E-state index >= 15 is 0 Å². The molecule has 5 heteroatoms. The molecule has 0 heterocycles. The van der Waals surface area contributed by atoms with Gasteiger partial charge in [0.25, 0.3) is 0 Å². The van der Waals surface area contributed by atoms with Gasteiger partial charge in [0.1, 0.15) is 6.79 Å². The van der Waals surface area contributed by atoms with Crippen LogP contribution in [0, 0.1) is 23.7 Å². The van der Waals surface area contributed by atoms with Crippen molar-refractivity contribution < 1.29 is 18.7 Å². The van der Waals surface area contributed by atoms with E-state index in [-0.39, 0.29) is 29.5 Å². The molecule has 0 radical (unpaired) electrons. The molecule has 5 atom stereocenters. The highest BCUT2D eigenvalue weighted by Crippen LogP contribution is 2.50. The van der Waals surface area contributed by atoms with Crippen LogP contribution in [0.25, 0.3) is 0 Å². The fourth-order valence-electron chi connectivity index (χ4n) is 3.92. The van der Waals surface area contributed by atoms with E-state index in [0.717, 1.165) is 12.8 Å². The Bertz CT molecular complexity index is 494. The number of ether oxygens (including phenoxy) is 2. The molecule has 1 fully saturated rings.